The van der Waals surface area contributed by atoms with Gasteiger partial charge in [-0.3, -0.25) is 9.59 Å². The van der Waals surface area contributed by atoms with Gasteiger partial charge < -0.3 is 19.7 Å². The minimum absolute atomic E-state index is 0.393. The monoisotopic (exact) mass is 356 g/mol. The van der Waals surface area contributed by atoms with Crippen LogP contribution in [0.15, 0.2) is 48.5 Å². The summed E-state index contributed by atoms with van der Waals surface area (Å²) in [6, 6.07) is 14.1. The fourth-order valence-electron chi connectivity index (χ4n) is 2.49. The molecule has 2 amide bonds. The number of hydrogen-bond donors (Lipinski definition) is 1. The zero-order valence-corrected chi connectivity index (χ0v) is 15.3. The van der Waals surface area contributed by atoms with Crippen LogP contribution in [-0.2, 0) is 9.59 Å². The van der Waals surface area contributed by atoms with Crippen molar-refractivity contribution in [1.29, 1.82) is 0 Å². The maximum absolute atomic E-state index is 12.5. The third-order valence-corrected chi connectivity index (χ3v) is 3.62. The molecule has 0 saturated heterocycles. The second kappa shape index (κ2) is 9.46. The van der Waals surface area contributed by atoms with Crippen molar-refractivity contribution < 1.29 is 19.1 Å². The van der Waals surface area contributed by atoms with Crippen molar-refractivity contribution in [2.24, 2.45) is 0 Å². The van der Waals surface area contributed by atoms with Gasteiger partial charge in [0.1, 0.15) is 0 Å². The first-order chi connectivity index (χ1) is 12.6. The van der Waals surface area contributed by atoms with E-state index >= 15 is 0 Å². The van der Waals surface area contributed by atoms with Gasteiger partial charge in [-0.25, -0.2) is 0 Å². The van der Waals surface area contributed by atoms with Crippen LogP contribution in [-0.4, -0.2) is 31.6 Å². The Hall–Kier alpha value is -3.02. The number of nitrogens with one attached hydrogen (secondary N) is 1. The van der Waals surface area contributed by atoms with E-state index in [1.54, 1.807) is 30.3 Å². The first-order valence-corrected chi connectivity index (χ1v) is 8.68. The molecule has 0 aliphatic heterocycles. The molecule has 0 aromatic heterocycles. The third-order valence-electron chi connectivity index (χ3n) is 3.62. The lowest BCUT2D eigenvalue weighted by Crippen LogP contribution is -2.39. The average Bonchev–Trinajstić information content (AvgIpc) is 2.65. The van der Waals surface area contributed by atoms with Gasteiger partial charge in [-0.05, 0) is 45.0 Å². The second-order valence-corrected chi connectivity index (χ2v) is 5.37. The summed E-state index contributed by atoms with van der Waals surface area (Å²) >= 11 is 0. The lowest BCUT2D eigenvalue weighted by Gasteiger charge is -2.20. The van der Waals surface area contributed by atoms with Crippen LogP contribution in [0.25, 0.3) is 0 Å². The standard InChI is InChI=1S/C20H24N2O4/c1-4-22(16-10-8-7-9-11-16)20(24)19(23)21-15-12-13-17(25-5-2)18(14-15)26-6-3/h7-14H,4-6H2,1-3H3,(H,21,23). The summed E-state index contributed by atoms with van der Waals surface area (Å²) in [6.07, 6.45) is 0. The number of nitrogens with zero attached hydrogens (tertiary/aromatic N) is 1. The fourth-order valence-corrected chi connectivity index (χ4v) is 2.49. The van der Waals surface area contributed by atoms with Gasteiger partial charge in [-0.2, -0.15) is 0 Å². The highest BCUT2D eigenvalue weighted by Gasteiger charge is 2.22. The summed E-state index contributed by atoms with van der Waals surface area (Å²) in [7, 11) is 0. The van der Waals surface area contributed by atoms with Crippen LogP contribution >= 0.6 is 0 Å². The van der Waals surface area contributed by atoms with Crippen LogP contribution in [0.2, 0.25) is 0 Å². The van der Waals surface area contributed by atoms with Gasteiger partial charge >= 0.3 is 11.8 Å². The Morgan fingerprint density at radius 1 is 0.923 bits per heavy atom. The van der Waals surface area contributed by atoms with Gasteiger partial charge in [0.05, 0.1) is 13.2 Å². The molecule has 0 heterocycles. The van der Waals surface area contributed by atoms with E-state index in [1.807, 2.05) is 39.0 Å². The molecular formula is C20H24N2O4. The zero-order valence-electron chi connectivity index (χ0n) is 15.3. The predicted molar refractivity (Wildman–Crippen MR) is 102 cm³/mol. The average molecular weight is 356 g/mol. The summed E-state index contributed by atoms with van der Waals surface area (Å²) in [6.45, 7) is 6.93. The van der Waals surface area contributed by atoms with Gasteiger partial charge in [0, 0.05) is 24.0 Å². The summed E-state index contributed by atoms with van der Waals surface area (Å²) in [5, 5.41) is 2.63. The van der Waals surface area contributed by atoms with E-state index in [4.69, 9.17) is 9.47 Å². The highest BCUT2D eigenvalue weighted by atomic mass is 16.5. The molecule has 0 saturated carbocycles. The topological polar surface area (TPSA) is 67.9 Å². The van der Waals surface area contributed by atoms with Crippen LogP contribution in [0.5, 0.6) is 11.5 Å². The van der Waals surface area contributed by atoms with Crippen molar-refractivity contribution in [1.82, 2.24) is 0 Å². The maximum Gasteiger partial charge on any atom is 0.316 e. The minimum atomic E-state index is -0.706. The van der Waals surface area contributed by atoms with E-state index in [2.05, 4.69) is 5.32 Å². The van der Waals surface area contributed by atoms with Gasteiger partial charge in [-0.1, -0.05) is 18.2 Å². The molecule has 0 aliphatic carbocycles. The van der Waals surface area contributed by atoms with Gasteiger partial charge in [0.2, 0.25) is 0 Å². The van der Waals surface area contributed by atoms with E-state index in [0.29, 0.717) is 42.6 Å². The second-order valence-electron chi connectivity index (χ2n) is 5.37. The number of carbonyl (C=O) groups excluding carboxylic acids is 2. The molecule has 0 unspecified atom stereocenters. The number of para-hydroxylation sites is 1. The summed E-state index contributed by atoms with van der Waals surface area (Å²) in [4.78, 5) is 26.3. The Morgan fingerprint density at radius 3 is 2.19 bits per heavy atom. The quantitative estimate of drug-likeness (QED) is 0.771. The normalized spacial score (nSPS) is 10.1. The van der Waals surface area contributed by atoms with Crippen molar-refractivity contribution in [3.05, 3.63) is 48.5 Å². The molecule has 6 heteroatoms. The van der Waals surface area contributed by atoms with Gasteiger partial charge in [-0.15, -0.1) is 0 Å². The van der Waals surface area contributed by atoms with Crippen LogP contribution in [0.3, 0.4) is 0 Å². The molecule has 2 aromatic carbocycles. The van der Waals surface area contributed by atoms with E-state index < -0.39 is 11.8 Å². The zero-order chi connectivity index (χ0) is 18.9. The summed E-state index contributed by atoms with van der Waals surface area (Å²) < 4.78 is 11.0. The van der Waals surface area contributed by atoms with Gasteiger partial charge in [0.25, 0.3) is 0 Å². The molecule has 0 radical (unpaired) electrons. The number of ether oxygens (including phenoxy) is 2. The number of rotatable bonds is 7. The van der Waals surface area contributed by atoms with Crippen molar-refractivity contribution in [2.45, 2.75) is 20.8 Å². The third kappa shape index (κ3) is 4.75. The lowest BCUT2D eigenvalue weighted by molar-refractivity contribution is -0.134. The summed E-state index contributed by atoms with van der Waals surface area (Å²) in [5.41, 5.74) is 1.15. The number of hydrogen-bond acceptors (Lipinski definition) is 4. The van der Waals surface area contributed by atoms with Crippen molar-refractivity contribution >= 4 is 23.2 Å². The molecule has 1 N–H and O–H groups in total. The van der Waals surface area contributed by atoms with Gasteiger partial charge in [0.15, 0.2) is 11.5 Å². The smallest absolute Gasteiger partial charge is 0.316 e. The highest BCUT2D eigenvalue weighted by molar-refractivity contribution is 6.44. The van der Waals surface area contributed by atoms with Crippen LogP contribution in [0.1, 0.15) is 20.8 Å². The number of benzene rings is 2. The van der Waals surface area contributed by atoms with Crippen molar-refractivity contribution in [3.8, 4) is 11.5 Å². The number of likely N-dealkylation sites (N-methyl/N-ethyl adjacent to an activating group) is 1. The molecule has 0 aliphatic rings. The van der Waals surface area contributed by atoms with Crippen molar-refractivity contribution in [2.75, 3.05) is 30.0 Å². The Kier molecular flexibility index (Phi) is 7.02. The SMILES string of the molecule is CCOc1ccc(NC(=O)C(=O)N(CC)c2ccccc2)cc1OCC. The molecule has 2 aromatic rings. The highest BCUT2D eigenvalue weighted by Crippen LogP contribution is 2.30. The Balaban J connectivity index is 2.15. The first kappa shape index (κ1) is 19.3. The molecule has 0 atom stereocenters. The molecule has 0 spiro atoms. The van der Waals surface area contributed by atoms with E-state index in [-0.39, 0.29) is 0 Å². The fraction of sp³-hybridized carbons (Fsp3) is 0.300. The van der Waals surface area contributed by atoms with Crippen LogP contribution in [0.4, 0.5) is 11.4 Å². The predicted octanol–water partition coefficient (Wildman–Crippen LogP) is 3.48. The lowest BCUT2D eigenvalue weighted by atomic mass is 10.2. The molecule has 138 valence electrons. The van der Waals surface area contributed by atoms with E-state index in [9.17, 15) is 9.59 Å². The number of anilines is 2. The largest absolute Gasteiger partial charge is 0.490 e. The Labute approximate surface area is 153 Å². The molecular weight excluding hydrogens is 332 g/mol. The van der Waals surface area contributed by atoms with E-state index in [0.717, 1.165) is 0 Å². The van der Waals surface area contributed by atoms with Crippen LogP contribution in [0, 0.1) is 0 Å². The molecule has 0 fully saturated rings. The summed E-state index contributed by atoms with van der Waals surface area (Å²) in [5.74, 6) is -0.207. The minimum Gasteiger partial charge on any atom is -0.490 e. The molecule has 6 nitrogen and oxygen atoms in total. The molecule has 26 heavy (non-hydrogen) atoms. The number of carbonyl (C=O) groups is 2. The first-order valence-electron chi connectivity index (χ1n) is 8.68. The van der Waals surface area contributed by atoms with E-state index in [1.165, 1.54) is 4.90 Å². The van der Waals surface area contributed by atoms with Crippen LogP contribution < -0.4 is 19.7 Å². The molecule has 2 rings (SSSR count). The Morgan fingerprint density at radius 2 is 1.58 bits per heavy atom. The molecule has 0 bridgehead atoms. The maximum atomic E-state index is 12.5. The number of amides is 2. The Bertz CT molecular complexity index is 747. The van der Waals surface area contributed by atoms with Crippen molar-refractivity contribution in [3.63, 3.8) is 0 Å².